The summed E-state index contributed by atoms with van der Waals surface area (Å²) in [5.41, 5.74) is -1.96. The van der Waals surface area contributed by atoms with Crippen LogP contribution in [0.15, 0.2) is 17.1 Å². The third-order valence-electron chi connectivity index (χ3n) is 7.00. The molecule has 25 heavy (non-hydrogen) atoms. The quantitative estimate of drug-likeness (QED) is 0.461. The van der Waals surface area contributed by atoms with E-state index in [1.165, 1.54) is 57.1 Å². The highest BCUT2D eigenvalue weighted by molar-refractivity contribution is 6.68. The van der Waals surface area contributed by atoms with Crippen LogP contribution < -0.4 is 0 Å². The minimum Gasteiger partial charge on any atom is -0.234 e. The van der Waals surface area contributed by atoms with Gasteiger partial charge in [-0.3, -0.25) is 0 Å². The molecule has 142 valence electrons. The average Bonchev–Trinajstić information content (AvgIpc) is 2.64. The van der Waals surface area contributed by atoms with Gasteiger partial charge in [-0.25, -0.2) is 13.8 Å². The number of hydrogen-bond donors (Lipinski definition) is 0. The number of unbranched alkanes of at least 4 members (excludes halogenated alkanes) is 1. The van der Waals surface area contributed by atoms with Crippen LogP contribution >= 0.6 is 11.6 Å². The van der Waals surface area contributed by atoms with Crippen LogP contribution in [-0.4, -0.2) is 17.1 Å². The molecule has 2 atom stereocenters. The summed E-state index contributed by atoms with van der Waals surface area (Å²) in [6.07, 6.45) is 14.0. The molecule has 3 rings (SSSR count). The molecular formula is C21H32ClF2N. The third-order valence-corrected chi connectivity index (χ3v) is 7.22. The lowest BCUT2D eigenvalue weighted by atomic mass is 9.66. The maximum atomic E-state index is 15.1. The molecule has 1 heterocycles. The number of alkyl halides is 2. The molecule has 2 unspecified atom stereocenters. The fourth-order valence-corrected chi connectivity index (χ4v) is 5.48. The van der Waals surface area contributed by atoms with Gasteiger partial charge in [-0.05, 0) is 68.4 Å². The normalized spacial score (nSPS) is 42.2. The first-order chi connectivity index (χ1) is 12.0. The predicted molar refractivity (Wildman–Crippen MR) is 102 cm³/mol. The van der Waals surface area contributed by atoms with E-state index >= 15 is 4.39 Å². The molecule has 0 spiro atoms. The molecule has 2 aliphatic carbocycles. The van der Waals surface area contributed by atoms with E-state index in [9.17, 15) is 4.39 Å². The Morgan fingerprint density at radius 2 is 1.68 bits per heavy atom. The van der Waals surface area contributed by atoms with Crippen LogP contribution in [0.4, 0.5) is 8.78 Å². The molecule has 0 bridgehead atoms. The van der Waals surface area contributed by atoms with Crippen molar-refractivity contribution in [1.82, 2.24) is 0 Å². The number of halogens is 3. The number of hydrogen-bond acceptors (Lipinski definition) is 1. The highest BCUT2D eigenvalue weighted by Crippen LogP contribution is 2.47. The van der Waals surface area contributed by atoms with E-state index in [1.54, 1.807) is 0 Å². The molecule has 0 amide bonds. The summed E-state index contributed by atoms with van der Waals surface area (Å²) < 4.78 is 29.3. The molecule has 0 aromatic rings. The summed E-state index contributed by atoms with van der Waals surface area (Å²) in [5.74, 6) is 2.20. The first kappa shape index (κ1) is 19.3. The first-order valence-corrected chi connectivity index (χ1v) is 10.7. The molecule has 2 saturated carbocycles. The van der Waals surface area contributed by atoms with Gasteiger partial charge in [0.1, 0.15) is 5.17 Å². The van der Waals surface area contributed by atoms with Gasteiger partial charge < -0.3 is 0 Å². The zero-order valence-electron chi connectivity index (χ0n) is 15.4. The van der Waals surface area contributed by atoms with Crippen LogP contribution in [0.2, 0.25) is 0 Å². The maximum Gasteiger partial charge on any atom is 0.228 e. The first-order valence-electron chi connectivity index (χ1n) is 10.3. The van der Waals surface area contributed by atoms with Crippen molar-refractivity contribution in [3.05, 3.63) is 12.2 Å². The van der Waals surface area contributed by atoms with Gasteiger partial charge in [-0.1, -0.05) is 50.6 Å². The van der Waals surface area contributed by atoms with Crippen LogP contribution in [0.5, 0.6) is 0 Å². The zero-order valence-corrected chi connectivity index (χ0v) is 16.2. The van der Waals surface area contributed by atoms with Crippen molar-refractivity contribution in [2.45, 2.75) is 89.5 Å². The molecule has 3 aliphatic rings. The van der Waals surface area contributed by atoms with E-state index in [-0.39, 0.29) is 11.1 Å². The van der Waals surface area contributed by atoms with Crippen molar-refractivity contribution in [2.24, 2.45) is 28.7 Å². The Morgan fingerprint density at radius 3 is 2.24 bits per heavy atom. The van der Waals surface area contributed by atoms with Crippen molar-refractivity contribution >= 4 is 16.8 Å². The van der Waals surface area contributed by atoms with Crippen LogP contribution in [-0.2, 0) is 0 Å². The number of dihydropyridines is 1. The lowest BCUT2D eigenvalue weighted by Gasteiger charge is -2.42. The maximum absolute atomic E-state index is 15.1. The van der Waals surface area contributed by atoms with Gasteiger partial charge in [0.25, 0.3) is 0 Å². The van der Waals surface area contributed by atoms with Crippen molar-refractivity contribution < 1.29 is 8.78 Å². The summed E-state index contributed by atoms with van der Waals surface area (Å²) >= 11 is 5.70. The van der Waals surface area contributed by atoms with Gasteiger partial charge in [0, 0.05) is 5.92 Å². The number of nitrogens with zero attached hydrogens (tertiary/aromatic N) is 1. The second-order valence-electron chi connectivity index (χ2n) is 8.48. The molecule has 1 nitrogen and oxygen atoms in total. The highest BCUT2D eigenvalue weighted by atomic mass is 35.5. The second-order valence-corrected chi connectivity index (χ2v) is 8.87. The van der Waals surface area contributed by atoms with Crippen molar-refractivity contribution in [1.29, 1.82) is 0 Å². The lowest BCUT2D eigenvalue weighted by molar-refractivity contribution is 0.00806. The molecule has 0 radical (unpaired) electrons. The smallest absolute Gasteiger partial charge is 0.228 e. The minimum absolute atomic E-state index is 0.0642. The van der Waals surface area contributed by atoms with E-state index in [2.05, 4.69) is 11.9 Å². The van der Waals surface area contributed by atoms with Crippen LogP contribution in [0.3, 0.4) is 0 Å². The Bertz CT molecular complexity index is 490. The van der Waals surface area contributed by atoms with Crippen LogP contribution in [0.25, 0.3) is 0 Å². The Balaban J connectivity index is 1.47. The SMILES string of the molecule is CCCCC1CCC(C2CCC(C3(F)C=CC(Cl)=NC3F)CC2)CC1. The van der Waals surface area contributed by atoms with Crippen LogP contribution in [0.1, 0.15) is 77.6 Å². The van der Waals surface area contributed by atoms with Gasteiger partial charge in [0.05, 0.1) is 0 Å². The highest BCUT2D eigenvalue weighted by Gasteiger charge is 2.48. The molecule has 0 saturated heterocycles. The molecule has 4 heteroatoms. The molecule has 0 N–H and O–H groups in total. The lowest BCUT2D eigenvalue weighted by Crippen LogP contribution is -2.44. The number of allylic oxidation sites excluding steroid dienone is 1. The standard InChI is InChI=1S/C21H32ClF2N/c1-2-3-4-15-5-7-16(8-6-15)17-9-11-18(12-10-17)21(24)14-13-19(22)25-20(21)23/h13-18,20H,2-12H2,1H3. The summed E-state index contributed by atoms with van der Waals surface area (Å²) in [5, 5.41) is 0.0642. The fourth-order valence-electron chi connectivity index (χ4n) is 5.33. The van der Waals surface area contributed by atoms with Crippen molar-refractivity contribution in [2.75, 3.05) is 0 Å². The summed E-state index contributed by atoms with van der Waals surface area (Å²) in [6, 6.07) is 0. The number of aliphatic imine (C=N–C) groups is 1. The summed E-state index contributed by atoms with van der Waals surface area (Å²) in [6.45, 7) is 2.27. The molecular weight excluding hydrogens is 340 g/mol. The van der Waals surface area contributed by atoms with Gasteiger partial charge in [-0.2, -0.15) is 0 Å². The number of rotatable bonds is 5. The average molecular weight is 372 g/mol. The summed E-state index contributed by atoms with van der Waals surface area (Å²) in [4.78, 5) is 3.61. The van der Waals surface area contributed by atoms with Crippen molar-refractivity contribution in [3.63, 3.8) is 0 Å². The minimum atomic E-state index is -1.96. The Morgan fingerprint density at radius 1 is 1.08 bits per heavy atom. The van der Waals surface area contributed by atoms with E-state index in [0.29, 0.717) is 5.92 Å². The van der Waals surface area contributed by atoms with E-state index in [0.717, 1.165) is 37.5 Å². The van der Waals surface area contributed by atoms with Gasteiger partial charge >= 0.3 is 0 Å². The summed E-state index contributed by atoms with van der Waals surface area (Å²) in [7, 11) is 0. The van der Waals surface area contributed by atoms with Crippen LogP contribution in [0, 0.1) is 23.7 Å². The van der Waals surface area contributed by atoms with Gasteiger partial charge in [0.15, 0.2) is 5.67 Å². The Hall–Kier alpha value is -0.440. The zero-order chi connectivity index (χ0) is 17.9. The largest absolute Gasteiger partial charge is 0.234 e. The molecule has 1 aliphatic heterocycles. The molecule has 0 aromatic carbocycles. The third kappa shape index (κ3) is 4.46. The Labute approximate surface area is 156 Å². The topological polar surface area (TPSA) is 12.4 Å². The Kier molecular flexibility index (Phi) is 6.57. The second kappa shape index (κ2) is 8.50. The van der Waals surface area contributed by atoms with Crippen molar-refractivity contribution in [3.8, 4) is 0 Å². The van der Waals surface area contributed by atoms with E-state index < -0.39 is 12.0 Å². The van der Waals surface area contributed by atoms with Gasteiger partial charge in [-0.15, -0.1) is 0 Å². The molecule has 0 aromatic heterocycles. The van der Waals surface area contributed by atoms with E-state index in [1.807, 2.05) is 0 Å². The van der Waals surface area contributed by atoms with Gasteiger partial charge in [0.2, 0.25) is 6.30 Å². The fraction of sp³-hybridized carbons (Fsp3) is 0.857. The predicted octanol–water partition coefficient (Wildman–Crippen LogP) is 7.00. The monoisotopic (exact) mass is 371 g/mol. The van der Waals surface area contributed by atoms with E-state index in [4.69, 9.17) is 11.6 Å². The molecule has 2 fully saturated rings.